The number of aromatic nitrogens is 2. The third-order valence-electron chi connectivity index (χ3n) is 1.67. The van der Waals surface area contributed by atoms with Gasteiger partial charge in [-0.3, -0.25) is 0 Å². The van der Waals surface area contributed by atoms with E-state index in [4.69, 9.17) is 0 Å². The average molecular weight is 200 g/mol. The van der Waals surface area contributed by atoms with E-state index in [1.807, 2.05) is 5.38 Å². The van der Waals surface area contributed by atoms with E-state index >= 15 is 0 Å². The predicted octanol–water partition coefficient (Wildman–Crippen LogP) is 0.579. The maximum Gasteiger partial charge on any atom is 0.0893 e. The Balaban J connectivity index is 1.96. The Morgan fingerprint density at radius 1 is 1.54 bits per heavy atom. The van der Waals surface area contributed by atoms with E-state index in [-0.39, 0.29) is 0 Å². The SMILES string of the molecule is CN(C)CCCNCc1csnn1. The highest BCUT2D eigenvalue weighted by molar-refractivity contribution is 7.03. The summed E-state index contributed by atoms with van der Waals surface area (Å²) in [5, 5.41) is 9.24. The van der Waals surface area contributed by atoms with Crippen LogP contribution in [0.3, 0.4) is 0 Å². The molecular weight excluding hydrogens is 184 g/mol. The second-order valence-electron chi connectivity index (χ2n) is 3.23. The maximum absolute atomic E-state index is 3.94. The Morgan fingerprint density at radius 3 is 3.00 bits per heavy atom. The molecule has 0 atom stereocenters. The third kappa shape index (κ3) is 4.92. The summed E-state index contributed by atoms with van der Waals surface area (Å²) in [5.74, 6) is 0. The van der Waals surface area contributed by atoms with Gasteiger partial charge in [-0.25, -0.2) is 0 Å². The topological polar surface area (TPSA) is 41.0 Å². The van der Waals surface area contributed by atoms with Gasteiger partial charge in [0.25, 0.3) is 0 Å². The standard InChI is InChI=1S/C8H16N4S/c1-12(2)5-3-4-9-6-8-7-13-11-10-8/h7,9H,3-6H2,1-2H3. The summed E-state index contributed by atoms with van der Waals surface area (Å²) in [6, 6.07) is 0. The molecule has 0 aliphatic carbocycles. The van der Waals surface area contributed by atoms with Crippen LogP contribution < -0.4 is 5.32 Å². The quantitative estimate of drug-likeness (QED) is 0.682. The van der Waals surface area contributed by atoms with Gasteiger partial charge in [0.1, 0.15) is 0 Å². The molecule has 5 heteroatoms. The molecule has 0 aliphatic rings. The molecule has 13 heavy (non-hydrogen) atoms. The Bertz CT molecular complexity index is 210. The smallest absolute Gasteiger partial charge is 0.0893 e. The minimum absolute atomic E-state index is 0.837. The molecule has 74 valence electrons. The first-order chi connectivity index (χ1) is 6.29. The molecule has 0 aliphatic heterocycles. The number of nitrogens with zero attached hydrogens (tertiary/aromatic N) is 3. The number of rotatable bonds is 6. The van der Waals surface area contributed by atoms with E-state index in [1.165, 1.54) is 18.0 Å². The van der Waals surface area contributed by atoms with Gasteiger partial charge >= 0.3 is 0 Å². The van der Waals surface area contributed by atoms with Gasteiger partial charge in [-0.2, -0.15) is 0 Å². The van der Waals surface area contributed by atoms with E-state index in [9.17, 15) is 0 Å². The van der Waals surface area contributed by atoms with Crippen molar-refractivity contribution < 1.29 is 0 Å². The number of hydrogen-bond donors (Lipinski definition) is 1. The van der Waals surface area contributed by atoms with Crippen molar-refractivity contribution in [1.29, 1.82) is 0 Å². The molecule has 0 saturated carbocycles. The fraction of sp³-hybridized carbons (Fsp3) is 0.750. The van der Waals surface area contributed by atoms with Crippen LogP contribution in [0, 0.1) is 0 Å². The second kappa shape index (κ2) is 6.01. The summed E-state index contributed by atoms with van der Waals surface area (Å²) in [6.07, 6.45) is 1.17. The molecule has 1 N–H and O–H groups in total. The van der Waals surface area contributed by atoms with Crippen LogP contribution in [0.25, 0.3) is 0 Å². The van der Waals surface area contributed by atoms with Gasteiger partial charge in [0.2, 0.25) is 0 Å². The van der Waals surface area contributed by atoms with Crippen LogP contribution in [0.4, 0.5) is 0 Å². The number of hydrogen-bond acceptors (Lipinski definition) is 5. The summed E-state index contributed by atoms with van der Waals surface area (Å²) < 4.78 is 3.79. The van der Waals surface area contributed by atoms with Gasteiger partial charge in [0, 0.05) is 11.9 Å². The largest absolute Gasteiger partial charge is 0.311 e. The first-order valence-electron chi connectivity index (χ1n) is 4.40. The monoisotopic (exact) mass is 200 g/mol. The van der Waals surface area contributed by atoms with Crippen LogP contribution in [0.1, 0.15) is 12.1 Å². The Kier molecular flexibility index (Phi) is 4.88. The molecule has 4 nitrogen and oxygen atoms in total. The lowest BCUT2D eigenvalue weighted by Gasteiger charge is -2.08. The average Bonchev–Trinajstić information content (AvgIpc) is 2.55. The van der Waals surface area contributed by atoms with E-state index in [0.29, 0.717) is 0 Å². The van der Waals surface area contributed by atoms with Crippen molar-refractivity contribution >= 4 is 11.5 Å². The van der Waals surface area contributed by atoms with Gasteiger partial charge in [-0.05, 0) is 45.1 Å². The minimum atomic E-state index is 0.837. The van der Waals surface area contributed by atoms with Gasteiger partial charge in [0.05, 0.1) is 5.69 Å². The van der Waals surface area contributed by atoms with Crippen LogP contribution in [-0.4, -0.2) is 41.7 Å². The molecule has 0 amide bonds. The van der Waals surface area contributed by atoms with Crippen molar-refractivity contribution in [3.05, 3.63) is 11.1 Å². The Labute approximate surface area is 83.1 Å². The highest BCUT2D eigenvalue weighted by Crippen LogP contribution is 1.95. The molecule has 0 aromatic carbocycles. The first kappa shape index (κ1) is 10.6. The van der Waals surface area contributed by atoms with Crippen LogP contribution >= 0.6 is 11.5 Å². The molecule has 0 fully saturated rings. The summed E-state index contributed by atoms with van der Waals surface area (Å²) in [6.45, 7) is 3.00. The number of nitrogens with one attached hydrogen (secondary N) is 1. The predicted molar refractivity (Wildman–Crippen MR) is 54.8 cm³/mol. The molecule has 0 bridgehead atoms. The fourth-order valence-corrected chi connectivity index (χ4v) is 1.45. The van der Waals surface area contributed by atoms with Gasteiger partial charge in [-0.15, -0.1) is 5.10 Å². The second-order valence-corrected chi connectivity index (χ2v) is 3.84. The van der Waals surface area contributed by atoms with E-state index in [2.05, 4.69) is 33.9 Å². The first-order valence-corrected chi connectivity index (χ1v) is 5.24. The van der Waals surface area contributed by atoms with Gasteiger partial charge < -0.3 is 10.2 Å². The molecule has 0 radical (unpaired) electrons. The highest BCUT2D eigenvalue weighted by atomic mass is 32.1. The molecule has 0 spiro atoms. The summed E-state index contributed by atoms with van der Waals surface area (Å²) >= 11 is 1.40. The van der Waals surface area contributed by atoms with Gasteiger partial charge in [-0.1, -0.05) is 4.49 Å². The van der Waals surface area contributed by atoms with Crippen LogP contribution in [-0.2, 0) is 6.54 Å². The van der Waals surface area contributed by atoms with Gasteiger partial charge in [0.15, 0.2) is 0 Å². The zero-order valence-electron chi connectivity index (χ0n) is 8.16. The summed E-state index contributed by atoms with van der Waals surface area (Å²) in [7, 11) is 4.18. The van der Waals surface area contributed by atoms with Crippen molar-refractivity contribution in [3.63, 3.8) is 0 Å². The van der Waals surface area contributed by atoms with E-state index in [0.717, 1.165) is 25.3 Å². The van der Waals surface area contributed by atoms with Crippen molar-refractivity contribution in [2.24, 2.45) is 0 Å². The zero-order valence-corrected chi connectivity index (χ0v) is 8.97. The lowest BCUT2D eigenvalue weighted by Crippen LogP contribution is -2.21. The molecule has 1 heterocycles. The third-order valence-corrected chi connectivity index (χ3v) is 2.22. The van der Waals surface area contributed by atoms with E-state index < -0.39 is 0 Å². The Hall–Kier alpha value is -0.520. The molecule has 1 aromatic rings. The summed E-state index contributed by atoms with van der Waals surface area (Å²) in [4.78, 5) is 2.19. The van der Waals surface area contributed by atoms with Crippen molar-refractivity contribution in [3.8, 4) is 0 Å². The van der Waals surface area contributed by atoms with Crippen LogP contribution in [0.2, 0.25) is 0 Å². The maximum atomic E-state index is 3.94. The minimum Gasteiger partial charge on any atom is -0.311 e. The molecule has 0 unspecified atom stereocenters. The Morgan fingerprint density at radius 2 is 2.38 bits per heavy atom. The lowest BCUT2D eigenvalue weighted by molar-refractivity contribution is 0.394. The fourth-order valence-electron chi connectivity index (χ4n) is 0.998. The normalized spacial score (nSPS) is 11.0. The lowest BCUT2D eigenvalue weighted by atomic mass is 10.4. The molecule has 1 rings (SSSR count). The van der Waals surface area contributed by atoms with Crippen molar-refractivity contribution in [2.45, 2.75) is 13.0 Å². The zero-order chi connectivity index (χ0) is 9.52. The molecule has 0 saturated heterocycles. The van der Waals surface area contributed by atoms with Crippen LogP contribution in [0.5, 0.6) is 0 Å². The molecular formula is C8H16N4S. The van der Waals surface area contributed by atoms with Crippen molar-refractivity contribution in [2.75, 3.05) is 27.2 Å². The van der Waals surface area contributed by atoms with Crippen molar-refractivity contribution in [1.82, 2.24) is 19.8 Å². The van der Waals surface area contributed by atoms with E-state index in [1.54, 1.807) is 0 Å². The molecule has 1 aromatic heterocycles. The van der Waals surface area contributed by atoms with Crippen LogP contribution in [0.15, 0.2) is 5.38 Å². The summed E-state index contributed by atoms with van der Waals surface area (Å²) in [5.41, 5.74) is 1.04. The highest BCUT2D eigenvalue weighted by Gasteiger charge is 1.95.